The number of benzene rings is 2. The first-order valence-electron chi connectivity index (χ1n) is 5.71. The Morgan fingerprint density at radius 3 is 2.37 bits per heavy atom. The van der Waals surface area contributed by atoms with E-state index >= 15 is 0 Å². The van der Waals surface area contributed by atoms with Crippen LogP contribution in [0.25, 0.3) is 22.1 Å². The second kappa shape index (κ2) is 4.17. The van der Waals surface area contributed by atoms with E-state index in [1.54, 1.807) is 36.4 Å². The van der Waals surface area contributed by atoms with Gasteiger partial charge in [0.2, 0.25) is 5.43 Å². The van der Waals surface area contributed by atoms with Gasteiger partial charge in [0.1, 0.15) is 22.3 Å². The van der Waals surface area contributed by atoms with E-state index < -0.39 is 11.4 Å². The van der Waals surface area contributed by atoms with Gasteiger partial charge < -0.3 is 14.6 Å². The van der Waals surface area contributed by atoms with Gasteiger partial charge in [-0.25, -0.2) is 0 Å². The second-order valence-electron chi connectivity index (χ2n) is 4.13. The summed E-state index contributed by atoms with van der Waals surface area (Å²) in [6.07, 6.45) is 0. The number of hydrogen-bond acceptors (Lipinski definition) is 4. The minimum Gasteiger partial charge on any atom is -0.507 e. The fraction of sp³-hybridized carbons (Fsp3) is 0. The molecule has 0 aliphatic heterocycles. The van der Waals surface area contributed by atoms with Crippen LogP contribution in [-0.2, 0) is 0 Å². The molecule has 2 aromatic carbocycles. The van der Waals surface area contributed by atoms with Crippen LogP contribution in [0, 0.1) is 0 Å². The van der Waals surface area contributed by atoms with Gasteiger partial charge in [-0.05, 0) is 17.7 Å². The van der Waals surface area contributed by atoms with Crippen molar-refractivity contribution >= 4 is 11.0 Å². The Morgan fingerprint density at radius 2 is 1.63 bits per heavy atom. The molecular formula is C15H10O4. The maximum atomic E-state index is 12.4. The molecule has 2 N–H and O–H groups in total. The highest BCUT2D eigenvalue weighted by Crippen LogP contribution is 2.31. The van der Waals surface area contributed by atoms with Crippen molar-refractivity contribution < 1.29 is 14.6 Å². The molecule has 19 heavy (non-hydrogen) atoms. The van der Waals surface area contributed by atoms with E-state index in [0.717, 1.165) is 0 Å². The SMILES string of the molecule is O=c1c(-c2ccccc2)c(O)oc2cccc(O)c12. The van der Waals surface area contributed by atoms with Crippen molar-refractivity contribution in [1.82, 2.24) is 0 Å². The van der Waals surface area contributed by atoms with E-state index in [1.165, 1.54) is 12.1 Å². The van der Waals surface area contributed by atoms with Gasteiger partial charge in [-0.3, -0.25) is 4.79 Å². The number of phenolic OH excluding ortho intramolecular Hbond substituents is 1. The Labute approximate surface area is 108 Å². The van der Waals surface area contributed by atoms with Crippen LogP contribution < -0.4 is 5.43 Å². The Kier molecular flexibility index (Phi) is 2.49. The van der Waals surface area contributed by atoms with E-state index in [-0.39, 0.29) is 22.3 Å². The summed E-state index contributed by atoms with van der Waals surface area (Å²) in [7, 11) is 0. The smallest absolute Gasteiger partial charge is 0.294 e. The molecule has 0 unspecified atom stereocenters. The molecule has 0 radical (unpaired) electrons. The summed E-state index contributed by atoms with van der Waals surface area (Å²) in [5.74, 6) is -0.613. The molecular weight excluding hydrogens is 244 g/mol. The summed E-state index contributed by atoms with van der Waals surface area (Å²) in [6.45, 7) is 0. The van der Waals surface area contributed by atoms with Crippen LogP contribution >= 0.6 is 0 Å². The largest absolute Gasteiger partial charge is 0.507 e. The third-order valence-corrected chi connectivity index (χ3v) is 2.94. The summed E-state index contributed by atoms with van der Waals surface area (Å²) in [4.78, 5) is 12.4. The van der Waals surface area contributed by atoms with Crippen molar-refractivity contribution in [3.05, 3.63) is 58.8 Å². The molecule has 0 amide bonds. The first kappa shape index (κ1) is 11.3. The first-order valence-corrected chi connectivity index (χ1v) is 5.71. The first-order chi connectivity index (χ1) is 9.18. The van der Waals surface area contributed by atoms with E-state index in [2.05, 4.69) is 0 Å². The van der Waals surface area contributed by atoms with Gasteiger partial charge in [0, 0.05) is 0 Å². The molecule has 4 heteroatoms. The van der Waals surface area contributed by atoms with Crippen molar-refractivity contribution in [1.29, 1.82) is 0 Å². The van der Waals surface area contributed by atoms with Gasteiger partial charge in [-0.1, -0.05) is 36.4 Å². The Bertz CT molecular complexity index is 803. The zero-order chi connectivity index (χ0) is 13.4. The molecule has 0 aliphatic rings. The number of hydrogen-bond donors (Lipinski definition) is 2. The lowest BCUT2D eigenvalue weighted by Crippen LogP contribution is -2.05. The van der Waals surface area contributed by atoms with Crippen molar-refractivity contribution in [2.45, 2.75) is 0 Å². The third kappa shape index (κ3) is 1.74. The highest BCUT2D eigenvalue weighted by molar-refractivity contribution is 5.88. The summed E-state index contributed by atoms with van der Waals surface area (Å²) in [6, 6.07) is 13.2. The summed E-state index contributed by atoms with van der Waals surface area (Å²) < 4.78 is 5.20. The average molecular weight is 254 g/mol. The Hall–Kier alpha value is -2.75. The summed E-state index contributed by atoms with van der Waals surface area (Å²) in [5.41, 5.74) is 0.290. The molecule has 0 bridgehead atoms. The van der Waals surface area contributed by atoms with Gasteiger partial charge in [0.15, 0.2) is 0 Å². The molecule has 0 saturated carbocycles. The third-order valence-electron chi connectivity index (χ3n) is 2.94. The van der Waals surface area contributed by atoms with Crippen LogP contribution in [0.4, 0.5) is 0 Å². The number of aromatic hydroxyl groups is 2. The molecule has 0 spiro atoms. The minimum absolute atomic E-state index is 0.0506. The predicted octanol–water partition coefficient (Wildman–Crippen LogP) is 2.87. The minimum atomic E-state index is -0.456. The molecule has 0 aliphatic carbocycles. The van der Waals surface area contributed by atoms with Crippen molar-refractivity contribution in [3.63, 3.8) is 0 Å². The number of phenols is 1. The van der Waals surface area contributed by atoms with Crippen LogP contribution in [0.5, 0.6) is 11.7 Å². The second-order valence-corrected chi connectivity index (χ2v) is 4.13. The molecule has 0 fully saturated rings. The standard InChI is InChI=1S/C15H10O4/c16-10-7-4-8-11-13(10)14(17)12(15(18)19-11)9-5-2-1-3-6-9/h1-8,16,18H. The lowest BCUT2D eigenvalue weighted by molar-refractivity contribution is 0.341. The summed E-state index contributed by atoms with van der Waals surface area (Å²) in [5, 5.41) is 19.7. The zero-order valence-electron chi connectivity index (χ0n) is 9.83. The van der Waals surface area contributed by atoms with Crippen molar-refractivity contribution in [2.75, 3.05) is 0 Å². The molecule has 0 saturated heterocycles. The molecule has 94 valence electrons. The van der Waals surface area contributed by atoms with Crippen LogP contribution in [0.3, 0.4) is 0 Å². The predicted molar refractivity (Wildman–Crippen MR) is 71.2 cm³/mol. The van der Waals surface area contributed by atoms with E-state index in [0.29, 0.717) is 5.56 Å². The van der Waals surface area contributed by atoms with Crippen molar-refractivity contribution in [3.8, 4) is 22.8 Å². The topological polar surface area (TPSA) is 70.7 Å². The average Bonchev–Trinajstić information content (AvgIpc) is 2.39. The maximum absolute atomic E-state index is 12.4. The van der Waals surface area contributed by atoms with Crippen LogP contribution in [0.1, 0.15) is 0 Å². The Morgan fingerprint density at radius 1 is 0.895 bits per heavy atom. The molecule has 4 nitrogen and oxygen atoms in total. The van der Waals surface area contributed by atoms with E-state index in [9.17, 15) is 15.0 Å². The highest BCUT2D eigenvalue weighted by Gasteiger charge is 2.17. The van der Waals surface area contributed by atoms with Crippen LogP contribution in [0.2, 0.25) is 0 Å². The normalized spacial score (nSPS) is 10.7. The van der Waals surface area contributed by atoms with Gasteiger partial charge in [0.25, 0.3) is 5.95 Å². The molecule has 1 heterocycles. The van der Waals surface area contributed by atoms with Crippen LogP contribution in [0.15, 0.2) is 57.7 Å². The van der Waals surface area contributed by atoms with Crippen LogP contribution in [-0.4, -0.2) is 10.2 Å². The van der Waals surface area contributed by atoms with Gasteiger partial charge >= 0.3 is 0 Å². The molecule has 3 aromatic rings. The van der Waals surface area contributed by atoms with E-state index in [1.807, 2.05) is 0 Å². The Balaban J connectivity index is 2.45. The number of fused-ring (bicyclic) bond motifs is 1. The molecule has 3 rings (SSSR count). The van der Waals surface area contributed by atoms with Gasteiger partial charge in [-0.15, -0.1) is 0 Å². The maximum Gasteiger partial charge on any atom is 0.294 e. The lowest BCUT2D eigenvalue weighted by Gasteiger charge is -2.06. The molecule has 0 atom stereocenters. The van der Waals surface area contributed by atoms with Crippen molar-refractivity contribution in [2.24, 2.45) is 0 Å². The van der Waals surface area contributed by atoms with E-state index in [4.69, 9.17) is 4.42 Å². The lowest BCUT2D eigenvalue weighted by atomic mass is 10.0. The van der Waals surface area contributed by atoms with Gasteiger partial charge in [0.05, 0.1) is 0 Å². The number of rotatable bonds is 1. The monoisotopic (exact) mass is 254 g/mol. The summed E-state index contributed by atoms with van der Waals surface area (Å²) >= 11 is 0. The van der Waals surface area contributed by atoms with Gasteiger partial charge in [-0.2, -0.15) is 0 Å². The fourth-order valence-electron chi connectivity index (χ4n) is 2.07. The fourth-order valence-corrected chi connectivity index (χ4v) is 2.07. The highest BCUT2D eigenvalue weighted by atomic mass is 16.5. The quantitative estimate of drug-likeness (QED) is 0.700. The molecule has 1 aromatic heterocycles. The zero-order valence-corrected chi connectivity index (χ0v) is 9.83.